The second-order valence-corrected chi connectivity index (χ2v) is 6.41. The van der Waals surface area contributed by atoms with Crippen LogP contribution < -0.4 is 15.8 Å². The van der Waals surface area contributed by atoms with E-state index in [0.29, 0.717) is 12.3 Å². The summed E-state index contributed by atoms with van der Waals surface area (Å²) in [6.07, 6.45) is 1.86. The van der Waals surface area contributed by atoms with Gasteiger partial charge in [0.25, 0.3) is 0 Å². The van der Waals surface area contributed by atoms with Crippen molar-refractivity contribution in [3.05, 3.63) is 58.5 Å². The van der Waals surface area contributed by atoms with E-state index in [9.17, 15) is 4.79 Å². The van der Waals surface area contributed by atoms with Gasteiger partial charge in [0.15, 0.2) is 11.4 Å². The zero-order chi connectivity index (χ0) is 18.8. The third-order valence-corrected chi connectivity index (χ3v) is 4.73. The van der Waals surface area contributed by atoms with Crippen LogP contribution in [0.25, 0.3) is 5.65 Å². The Morgan fingerprint density at radius 2 is 2.08 bits per heavy atom. The maximum atomic E-state index is 11.2. The molecule has 3 aromatic rings. The molecule has 0 saturated heterocycles. The third-order valence-electron chi connectivity index (χ3n) is 4.73. The van der Waals surface area contributed by atoms with Crippen molar-refractivity contribution in [1.82, 2.24) is 9.38 Å². The van der Waals surface area contributed by atoms with Gasteiger partial charge in [-0.3, -0.25) is 4.40 Å². The molecule has 136 valence electrons. The molecule has 0 atom stereocenters. The quantitative estimate of drug-likeness (QED) is 0.730. The molecule has 0 fully saturated rings. The fourth-order valence-electron chi connectivity index (χ4n) is 3.18. The van der Waals surface area contributed by atoms with Gasteiger partial charge in [-0.15, -0.1) is 0 Å². The van der Waals surface area contributed by atoms with Crippen molar-refractivity contribution in [1.29, 1.82) is 0 Å². The molecular formula is C20H24N4O2. The molecule has 2 aromatic heterocycles. The lowest BCUT2D eigenvalue weighted by molar-refractivity contribution is 0.210. The Morgan fingerprint density at radius 3 is 2.77 bits per heavy atom. The van der Waals surface area contributed by atoms with Gasteiger partial charge in [0.1, 0.15) is 0 Å². The molecule has 0 aliphatic rings. The van der Waals surface area contributed by atoms with E-state index in [-0.39, 0.29) is 0 Å². The Balaban J connectivity index is 2.01. The van der Waals surface area contributed by atoms with Crippen LogP contribution in [-0.4, -0.2) is 15.5 Å². The Hall–Kier alpha value is -3.02. The van der Waals surface area contributed by atoms with Crippen molar-refractivity contribution in [3.63, 3.8) is 0 Å². The normalized spacial score (nSPS) is 10.9. The van der Waals surface area contributed by atoms with E-state index < -0.39 is 6.09 Å². The predicted molar refractivity (Wildman–Crippen MR) is 103 cm³/mol. The van der Waals surface area contributed by atoms with Crippen molar-refractivity contribution in [3.8, 4) is 5.75 Å². The first-order chi connectivity index (χ1) is 12.4. The number of nitrogens with zero attached hydrogens (tertiary/aromatic N) is 2. The zero-order valence-corrected chi connectivity index (χ0v) is 15.6. The molecule has 1 amide bonds. The minimum atomic E-state index is -0.836. The number of nitrogens with one attached hydrogen (secondary N) is 1. The van der Waals surface area contributed by atoms with Gasteiger partial charge < -0.3 is 15.8 Å². The number of rotatable bonds is 5. The Morgan fingerprint density at radius 1 is 1.31 bits per heavy atom. The van der Waals surface area contributed by atoms with E-state index in [2.05, 4.69) is 42.3 Å². The van der Waals surface area contributed by atoms with Crippen LogP contribution in [0, 0.1) is 20.8 Å². The van der Waals surface area contributed by atoms with E-state index in [1.165, 1.54) is 16.7 Å². The molecule has 0 aliphatic heterocycles. The second-order valence-electron chi connectivity index (χ2n) is 6.41. The van der Waals surface area contributed by atoms with Crippen LogP contribution in [0.4, 0.5) is 10.5 Å². The van der Waals surface area contributed by atoms with Gasteiger partial charge in [0.2, 0.25) is 0 Å². The number of aromatic nitrogens is 2. The molecule has 6 nitrogen and oxygen atoms in total. The number of benzene rings is 1. The lowest BCUT2D eigenvalue weighted by atomic mass is 10.00. The van der Waals surface area contributed by atoms with E-state index in [0.717, 1.165) is 29.1 Å². The summed E-state index contributed by atoms with van der Waals surface area (Å²) in [6.45, 7) is 8.86. The molecule has 26 heavy (non-hydrogen) atoms. The first kappa shape index (κ1) is 17.8. The predicted octanol–water partition coefficient (Wildman–Crippen LogP) is 3.89. The van der Waals surface area contributed by atoms with Crippen molar-refractivity contribution in [2.45, 2.75) is 40.7 Å². The number of carbonyl (C=O) groups excluding carboxylic acids is 1. The zero-order valence-electron chi connectivity index (χ0n) is 15.6. The first-order valence-corrected chi connectivity index (χ1v) is 8.68. The highest BCUT2D eigenvalue weighted by molar-refractivity contribution is 5.73. The summed E-state index contributed by atoms with van der Waals surface area (Å²) in [5.41, 5.74) is 12.5. The average molecular weight is 352 g/mol. The number of anilines is 1. The van der Waals surface area contributed by atoms with Crippen LogP contribution in [0.1, 0.15) is 35.0 Å². The molecule has 3 N–H and O–H groups in total. The SMILES string of the molecule is CCc1cccc(C)c1CNc1cc(OC(N)=O)cn2c(C)c(C)nc12. The van der Waals surface area contributed by atoms with E-state index in [1.54, 1.807) is 12.3 Å². The number of ether oxygens (including phenoxy) is 1. The van der Waals surface area contributed by atoms with Crippen LogP contribution in [0.5, 0.6) is 5.75 Å². The monoisotopic (exact) mass is 352 g/mol. The summed E-state index contributed by atoms with van der Waals surface area (Å²) in [7, 11) is 0. The van der Waals surface area contributed by atoms with Gasteiger partial charge in [-0.25, -0.2) is 9.78 Å². The second kappa shape index (κ2) is 7.07. The fraction of sp³-hybridized carbons (Fsp3) is 0.300. The van der Waals surface area contributed by atoms with Crippen LogP contribution in [0.2, 0.25) is 0 Å². The van der Waals surface area contributed by atoms with E-state index >= 15 is 0 Å². The summed E-state index contributed by atoms with van der Waals surface area (Å²) in [5, 5.41) is 3.46. The summed E-state index contributed by atoms with van der Waals surface area (Å²) < 4.78 is 7.01. The number of imidazole rings is 1. The van der Waals surface area contributed by atoms with Gasteiger partial charge in [-0.2, -0.15) is 0 Å². The molecule has 2 heterocycles. The molecule has 0 radical (unpaired) electrons. The maximum absolute atomic E-state index is 11.2. The summed E-state index contributed by atoms with van der Waals surface area (Å²) in [4.78, 5) is 15.8. The number of pyridine rings is 1. The van der Waals surface area contributed by atoms with Gasteiger partial charge in [0.05, 0.1) is 17.6 Å². The topological polar surface area (TPSA) is 81.6 Å². The molecule has 0 bridgehead atoms. The molecular weight excluding hydrogens is 328 g/mol. The molecule has 0 spiro atoms. The Bertz CT molecular complexity index is 976. The van der Waals surface area contributed by atoms with E-state index in [1.807, 2.05) is 18.2 Å². The highest BCUT2D eigenvalue weighted by atomic mass is 16.5. The fourth-order valence-corrected chi connectivity index (χ4v) is 3.18. The van der Waals surface area contributed by atoms with Crippen molar-refractivity contribution in [2.24, 2.45) is 5.73 Å². The van der Waals surface area contributed by atoms with Gasteiger partial charge in [-0.05, 0) is 43.9 Å². The number of nitrogens with two attached hydrogens (primary N) is 1. The van der Waals surface area contributed by atoms with Crippen molar-refractivity contribution in [2.75, 3.05) is 5.32 Å². The smallest absolute Gasteiger partial charge is 0.409 e. The van der Waals surface area contributed by atoms with Crippen LogP contribution in [-0.2, 0) is 13.0 Å². The standard InChI is InChI=1S/C20H24N4O2/c1-5-15-8-6-7-12(2)17(15)10-22-18-9-16(26-20(21)25)11-24-14(4)13(3)23-19(18)24/h6-9,11,22H,5,10H2,1-4H3,(H2,21,25). The van der Waals surface area contributed by atoms with Gasteiger partial charge in [0, 0.05) is 18.3 Å². The number of primary amides is 1. The highest BCUT2D eigenvalue weighted by Gasteiger charge is 2.13. The Kier molecular flexibility index (Phi) is 4.84. The molecule has 0 aliphatic carbocycles. The number of carbonyl (C=O) groups is 1. The van der Waals surface area contributed by atoms with Crippen LogP contribution >= 0.6 is 0 Å². The van der Waals surface area contributed by atoms with E-state index in [4.69, 9.17) is 10.5 Å². The Labute approximate surface area is 153 Å². The number of hydrogen-bond acceptors (Lipinski definition) is 4. The lowest BCUT2D eigenvalue weighted by Crippen LogP contribution is -2.17. The molecule has 0 unspecified atom stereocenters. The minimum Gasteiger partial charge on any atom is -0.409 e. The maximum Gasteiger partial charge on any atom is 0.410 e. The minimum absolute atomic E-state index is 0.383. The molecule has 6 heteroatoms. The summed E-state index contributed by atoms with van der Waals surface area (Å²) in [6, 6.07) is 8.10. The van der Waals surface area contributed by atoms with Crippen molar-refractivity contribution < 1.29 is 9.53 Å². The highest BCUT2D eigenvalue weighted by Crippen LogP contribution is 2.27. The van der Waals surface area contributed by atoms with Gasteiger partial charge in [-0.1, -0.05) is 25.1 Å². The number of hydrogen-bond donors (Lipinski definition) is 2. The largest absolute Gasteiger partial charge is 0.410 e. The van der Waals surface area contributed by atoms with Crippen LogP contribution in [0.3, 0.4) is 0 Å². The van der Waals surface area contributed by atoms with Gasteiger partial charge >= 0.3 is 6.09 Å². The first-order valence-electron chi connectivity index (χ1n) is 8.68. The lowest BCUT2D eigenvalue weighted by Gasteiger charge is -2.15. The summed E-state index contributed by atoms with van der Waals surface area (Å²) in [5.74, 6) is 0.383. The van der Waals surface area contributed by atoms with Crippen LogP contribution in [0.15, 0.2) is 30.5 Å². The number of aryl methyl sites for hydroxylation is 4. The average Bonchev–Trinajstić information content (AvgIpc) is 2.88. The number of amides is 1. The number of fused-ring (bicyclic) bond motifs is 1. The molecule has 1 aromatic carbocycles. The summed E-state index contributed by atoms with van der Waals surface area (Å²) >= 11 is 0. The third kappa shape index (κ3) is 3.35. The molecule has 0 saturated carbocycles. The van der Waals surface area contributed by atoms with Crippen molar-refractivity contribution >= 4 is 17.4 Å². The molecule has 3 rings (SSSR count).